The molecule has 0 spiro atoms. The van der Waals surface area contributed by atoms with E-state index in [1.807, 2.05) is 31.3 Å². The number of nitrogens with one attached hydrogen (secondary N) is 1. The molecule has 0 amide bonds. The third-order valence-corrected chi connectivity index (χ3v) is 4.55. The molecule has 1 aromatic heterocycles. The molecule has 0 aliphatic rings. The minimum atomic E-state index is 0.134. The highest BCUT2D eigenvalue weighted by Crippen LogP contribution is 2.34. The molecule has 16 heavy (non-hydrogen) atoms. The van der Waals surface area contributed by atoms with Crippen molar-refractivity contribution < 1.29 is 0 Å². The number of benzene rings is 1. The van der Waals surface area contributed by atoms with Gasteiger partial charge in [-0.05, 0) is 45.6 Å². The fourth-order valence-corrected chi connectivity index (χ4v) is 3.48. The van der Waals surface area contributed by atoms with Gasteiger partial charge in [-0.15, -0.1) is 0 Å². The second kappa shape index (κ2) is 5.32. The number of halogens is 2. The minimum Gasteiger partial charge on any atom is -0.309 e. The van der Waals surface area contributed by atoms with Crippen molar-refractivity contribution in [2.45, 2.75) is 6.04 Å². The van der Waals surface area contributed by atoms with Crippen molar-refractivity contribution in [2.24, 2.45) is 0 Å². The average molecular weight is 317 g/mol. The van der Waals surface area contributed by atoms with Gasteiger partial charge in [-0.1, -0.05) is 29.8 Å². The normalized spacial score (nSPS) is 12.7. The van der Waals surface area contributed by atoms with Crippen LogP contribution in [0.3, 0.4) is 0 Å². The Hall–Kier alpha value is -0.350. The largest absolute Gasteiger partial charge is 0.309 e. The first kappa shape index (κ1) is 12.1. The summed E-state index contributed by atoms with van der Waals surface area (Å²) in [6.45, 7) is 0. The molecule has 2 rings (SSSR count). The molecule has 0 bridgehead atoms. The second-order valence-corrected chi connectivity index (χ2v) is 5.42. The van der Waals surface area contributed by atoms with Crippen LogP contribution in [0.2, 0.25) is 5.02 Å². The molecule has 1 heterocycles. The van der Waals surface area contributed by atoms with Crippen LogP contribution in [-0.4, -0.2) is 7.05 Å². The summed E-state index contributed by atoms with van der Waals surface area (Å²) in [5.41, 5.74) is 2.33. The van der Waals surface area contributed by atoms with Gasteiger partial charge < -0.3 is 5.32 Å². The summed E-state index contributed by atoms with van der Waals surface area (Å²) in [6.07, 6.45) is 0. The van der Waals surface area contributed by atoms with Gasteiger partial charge in [-0.3, -0.25) is 0 Å². The van der Waals surface area contributed by atoms with Gasteiger partial charge in [-0.2, -0.15) is 11.3 Å². The smallest absolute Gasteiger partial charge is 0.0608 e. The lowest BCUT2D eigenvalue weighted by Crippen LogP contribution is -2.17. The van der Waals surface area contributed by atoms with Crippen molar-refractivity contribution in [3.63, 3.8) is 0 Å². The topological polar surface area (TPSA) is 12.0 Å². The van der Waals surface area contributed by atoms with Gasteiger partial charge in [0.25, 0.3) is 0 Å². The SMILES string of the molecule is CNC(c1ccccc1Cl)c1cscc1Br. The highest BCUT2D eigenvalue weighted by molar-refractivity contribution is 9.10. The molecule has 0 saturated carbocycles. The van der Waals surface area contributed by atoms with Crippen LogP contribution >= 0.6 is 38.9 Å². The lowest BCUT2D eigenvalue weighted by atomic mass is 10.0. The Labute approximate surface area is 113 Å². The molecule has 2 aromatic rings. The molecule has 0 radical (unpaired) electrons. The van der Waals surface area contributed by atoms with Crippen molar-refractivity contribution in [1.82, 2.24) is 5.32 Å². The molecule has 1 aromatic carbocycles. The quantitative estimate of drug-likeness (QED) is 0.881. The molecule has 0 fully saturated rings. The third-order valence-electron chi connectivity index (χ3n) is 2.46. The third kappa shape index (κ3) is 2.33. The van der Waals surface area contributed by atoms with E-state index in [9.17, 15) is 0 Å². The molecule has 1 atom stereocenters. The molecule has 0 saturated heterocycles. The van der Waals surface area contributed by atoms with Crippen molar-refractivity contribution in [2.75, 3.05) is 7.05 Å². The Morgan fingerprint density at radius 1 is 1.25 bits per heavy atom. The van der Waals surface area contributed by atoms with Crippen LogP contribution in [0.1, 0.15) is 17.2 Å². The molecule has 0 aliphatic heterocycles. The van der Waals surface area contributed by atoms with Crippen molar-refractivity contribution in [3.8, 4) is 0 Å². The summed E-state index contributed by atoms with van der Waals surface area (Å²) >= 11 is 11.5. The monoisotopic (exact) mass is 315 g/mol. The van der Waals surface area contributed by atoms with Crippen LogP contribution < -0.4 is 5.32 Å². The zero-order chi connectivity index (χ0) is 11.5. The lowest BCUT2D eigenvalue weighted by Gasteiger charge is -2.17. The Bertz CT molecular complexity index is 483. The maximum absolute atomic E-state index is 6.22. The van der Waals surface area contributed by atoms with Crippen molar-refractivity contribution >= 4 is 38.9 Å². The van der Waals surface area contributed by atoms with E-state index in [2.05, 4.69) is 32.0 Å². The van der Waals surface area contributed by atoms with Crippen molar-refractivity contribution in [1.29, 1.82) is 0 Å². The summed E-state index contributed by atoms with van der Waals surface area (Å²) in [4.78, 5) is 0. The maximum atomic E-state index is 6.22. The zero-order valence-corrected chi connectivity index (χ0v) is 11.9. The van der Waals surface area contributed by atoms with Crippen molar-refractivity contribution in [3.05, 3.63) is 55.6 Å². The van der Waals surface area contributed by atoms with Gasteiger partial charge >= 0.3 is 0 Å². The zero-order valence-electron chi connectivity index (χ0n) is 8.71. The summed E-state index contributed by atoms with van der Waals surface area (Å²) in [6, 6.07) is 8.05. The van der Waals surface area contributed by atoms with E-state index in [-0.39, 0.29) is 6.04 Å². The van der Waals surface area contributed by atoms with E-state index in [4.69, 9.17) is 11.6 Å². The maximum Gasteiger partial charge on any atom is 0.0608 e. The molecule has 1 nitrogen and oxygen atoms in total. The van der Waals surface area contributed by atoms with E-state index in [0.717, 1.165) is 15.1 Å². The predicted octanol–water partition coefficient (Wildman–Crippen LogP) is 4.47. The molecule has 84 valence electrons. The number of rotatable bonds is 3. The van der Waals surface area contributed by atoms with Gasteiger partial charge in [0.15, 0.2) is 0 Å². The van der Waals surface area contributed by atoms with Gasteiger partial charge in [0.1, 0.15) is 0 Å². The molecule has 0 aliphatic carbocycles. The summed E-state index contributed by atoms with van der Waals surface area (Å²) in [5, 5.41) is 8.30. The fraction of sp³-hybridized carbons (Fsp3) is 0.167. The summed E-state index contributed by atoms with van der Waals surface area (Å²) in [5.74, 6) is 0. The van der Waals surface area contributed by atoms with Gasteiger partial charge in [0.05, 0.1) is 6.04 Å². The van der Waals surface area contributed by atoms with E-state index in [1.165, 1.54) is 5.56 Å². The predicted molar refractivity (Wildman–Crippen MR) is 74.4 cm³/mol. The van der Waals surface area contributed by atoms with E-state index in [0.29, 0.717) is 0 Å². The fourth-order valence-electron chi connectivity index (χ4n) is 1.69. The Balaban J connectivity index is 2.45. The average Bonchev–Trinajstić information content (AvgIpc) is 2.69. The van der Waals surface area contributed by atoms with Crippen LogP contribution in [0.5, 0.6) is 0 Å². The molecular formula is C12H11BrClNS. The van der Waals surface area contributed by atoms with Gasteiger partial charge in [0.2, 0.25) is 0 Å². The second-order valence-electron chi connectivity index (χ2n) is 3.42. The van der Waals surface area contributed by atoms with Crippen LogP contribution in [0, 0.1) is 0 Å². The Morgan fingerprint density at radius 2 is 2.00 bits per heavy atom. The summed E-state index contributed by atoms with van der Waals surface area (Å²) in [7, 11) is 1.94. The minimum absolute atomic E-state index is 0.134. The number of hydrogen-bond donors (Lipinski definition) is 1. The van der Waals surface area contributed by atoms with E-state index in [1.54, 1.807) is 11.3 Å². The van der Waals surface area contributed by atoms with Crippen LogP contribution in [0.25, 0.3) is 0 Å². The molecule has 4 heteroatoms. The van der Waals surface area contributed by atoms with Gasteiger partial charge in [0, 0.05) is 14.9 Å². The molecular weight excluding hydrogens is 306 g/mol. The van der Waals surface area contributed by atoms with Crippen LogP contribution in [0.15, 0.2) is 39.5 Å². The van der Waals surface area contributed by atoms with Gasteiger partial charge in [-0.25, -0.2) is 0 Å². The Morgan fingerprint density at radius 3 is 2.56 bits per heavy atom. The number of thiophene rings is 1. The van der Waals surface area contributed by atoms with Crippen LogP contribution in [0.4, 0.5) is 0 Å². The Kier molecular flexibility index (Phi) is 4.03. The highest BCUT2D eigenvalue weighted by atomic mass is 79.9. The highest BCUT2D eigenvalue weighted by Gasteiger charge is 2.17. The molecule has 1 N–H and O–H groups in total. The molecule has 1 unspecified atom stereocenters. The van der Waals surface area contributed by atoms with Crippen LogP contribution in [-0.2, 0) is 0 Å². The summed E-state index contributed by atoms with van der Waals surface area (Å²) < 4.78 is 1.12. The standard InChI is InChI=1S/C12H11BrClNS/c1-15-12(9-6-16-7-10(9)13)8-4-2-3-5-11(8)14/h2-7,12,15H,1H3. The first-order valence-corrected chi connectivity index (χ1v) is 6.98. The van der Waals surface area contributed by atoms with E-state index >= 15 is 0 Å². The lowest BCUT2D eigenvalue weighted by molar-refractivity contribution is 0.692. The number of hydrogen-bond acceptors (Lipinski definition) is 2. The first-order valence-electron chi connectivity index (χ1n) is 4.87. The first-order chi connectivity index (χ1) is 7.74. The van der Waals surface area contributed by atoms with E-state index < -0.39 is 0 Å².